The molecule has 16 heavy (non-hydrogen) atoms. The minimum Gasteiger partial charge on any atom is -0.392 e. The van der Waals surface area contributed by atoms with Gasteiger partial charge in [0.05, 0.1) is 6.61 Å². The first kappa shape index (κ1) is 11.0. The van der Waals surface area contributed by atoms with E-state index in [4.69, 9.17) is 5.73 Å². The molecule has 1 heterocycles. The van der Waals surface area contributed by atoms with Gasteiger partial charge in [0.1, 0.15) is 6.04 Å². The van der Waals surface area contributed by atoms with Crippen LogP contribution in [0, 0.1) is 0 Å². The predicted molar refractivity (Wildman–Crippen MR) is 61.9 cm³/mol. The van der Waals surface area contributed by atoms with Crippen LogP contribution in [0.1, 0.15) is 18.4 Å². The van der Waals surface area contributed by atoms with Crippen LogP contribution >= 0.6 is 0 Å². The van der Waals surface area contributed by atoms with Crippen molar-refractivity contribution >= 4 is 11.6 Å². The first-order valence-electron chi connectivity index (χ1n) is 5.48. The molecule has 1 fully saturated rings. The highest BCUT2D eigenvalue weighted by atomic mass is 16.3. The molecule has 0 aromatic heterocycles. The molecule has 1 atom stereocenters. The fourth-order valence-electron chi connectivity index (χ4n) is 2.28. The summed E-state index contributed by atoms with van der Waals surface area (Å²) in [5, 5.41) is 9.26. The number of anilines is 1. The molecule has 1 saturated heterocycles. The summed E-state index contributed by atoms with van der Waals surface area (Å²) in [5.74, 6) is -0.287. The molecular weight excluding hydrogens is 204 g/mol. The molecule has 0 aliphatic carbocycles. The number of carbonyl (C=O) groups excluding carboxylic acids is 1. The van der Waals surface area contributed by atoms with E-state index in [9.17, 15) is 9.90 Å². The Kier molecular flexibility index (Phi) is 3.10. The lowest BCUT2D eigenvalue weighted by Crippen LogP contribution is -2.40. The van der Waals surface area contributed by atoms with Crippen molar-refractivity contribution in [3.05, 3.63) is 29.8 Å². The van der Waals surface area contributed by atoms with Gasteiger partial charge in [-0.1, -0.05) is 18.2 Å². The van der Waals surface area contributed by atoms with Crippen LogP contribution in [0.25, 0.3) is 0 Å². The number of carbonyl (C=O) groups is 1. The van der Waals surface area contributed by atoms with E-state index in [1.54, 1.807) is 0 Å². The lowest BCUT2D eigenvalue weighted by Gasteiger charge is -2.26. The number of aliphatic hydroxyl groups excluding tert-OH is 1. The standard InChI is InChI=1S/C12H16N2O2/c13-12(16)11-6-3-7-14(11)10-5-2-1-4-9(10)8-15/h1-2,4-5,11,15H,3,6-8H2,(H2,13,16). The third kappa shape index (κ3) is 1.88. The van der Waals surface area contributed by atoms with Crippen molar-refractivity contribution in [2.24, 2.45) is 5.73 Å². The average molecular weight is 220 g/mol. The van der Waals surface area contributed by atoms with Gasteiger partial charge in [0, 0.05) is 17.8 Å². The molecule has 3 N–H and O–H groups in total. The number of primary amides is 1. The number of para-hydroxylation sites is 1. The average Bonchev–Trinajstić information content (AvgIpc) is 2.77. The van der Waals surface area contributed by atoms with Crippen molar-refractivity contribution in [1.82, 2.24) is 0 Å². The Labute approximate surface area is 94.7 Å². The van der Waals surface area contributed by atoms with Gasteiger partial charge in [-0.25, -0.2) is 0 Å². The molecule has 1 aromatic carbocycles. The highest BCUT2D eigenvalue weighted by Gasteiger charge is 2.29. The third-order valence-corrected chi connectivity index (χ3v) is 3.05. The van der Waals surface area contributed by atoms with Crippen molar-refractivity contribution < 1.29 is 9.90 Å². The van der Waals surface area contributed by atoms with Crippen LogP contribution < -0.4 is 10.6 Å². The molecule has 4 heteroatoms. The van der Waals surface area contributed by atoms with Gasteiger partial charge in [-0.3, -0.25) is 4.79 Å². The molecule has 4 nitrogen and oxygen atoms in total. The zero-order valence-electron chi connectivity index (χ0n) is 9.10. The second kappa shape index (κ2) is 4.53. The first-order valence-corrected chi connectivity index (χ1v) is 5.48. The molecule has 1 aliphatic rings. The van der Waals surface area contributed by atoms with Crippen molar-refractivity contribution in [2.45, 2.75) is 25.5 Å². The van der Waals surface area contributed by atoms with Gasteiger partial charge >= 0.3 is 0 Å². The van der Waals surface area contributed by atoms with Gasteiger partial charge in [0.2, 0.25) is 5.91 Å². The van der Waals surface area contributed by atoms with Gasteiger partial charge in [0.25, 0.3) is 0 Å². The number of benzene rings is 1. The summed E-state index contributed by atoms with van der Waals surface area (Å²) in [6.45, 7) is 0.808. The van der Waals surface area contributed by atoms with E-state index in [2.05, 4.69) is 0 Å². The summed E-state index contributed by atoms with van der Waals surface area (Å²) in [5.41, 5.74) is 7.14. The Balaban J connectivity index is 2.32. The minimum absolute atomic E-state index is 0.0157. The highest BCUT2D eigenvalue weighted by molar-refractivity contribution is 5.84. The van der Waals surface area contributed by atoms with Crippen molar-refractivity contribution in [3.63, 3.8) is 0 Å². The van der Waals surface area contributed by atoms with Gasteiger partial charge in [-0.05, 0) is 18.9 Å². The molecule has 2 rings (SSSR count). The molecule has 1 amide bonds. The summed E-state index contributed by atoms with van der Waals surface area (Å²) >= 11 is 0. The second-order valence-electron chi connectivity index (χ2n) is 4.04. The monoisotopic (exact) mass is 220 g/mol. The number of aliphatic hydroxyl groups is 1. The molecule has 86 valence electrons. The van der Waals surface area contributed by atoms with E-state index < -0.39 is 0 Å². The second-order valence-corrected chi connectivity index (χ2v) is 4.04. The van der Waals surface area contributed by atoms with Crippen LogP contribution in [-0.4, -0.2) is 23.6 Å². The van der Waals surface area contributed by atoms with E-state index >= 15 is 0 Å². The fourth-order valence-corrected chi connectivity index (χ4v) is 2.28. The molecule has 0 spiro atoms. The largest absolute Gasteiger partial charge is 0.392 e. The van der Waals surface area contributed by atoms with E-state index in [-0.39, 0.29) is 18.6 Å². The lowest BCUT2D eigenvalue weighted by molar-refractivity contribution is -0.119. The fraction of sp³-hybridized carbons (Fsp3) is 0.417. The van der Waals surface area contributed by atoms with Crippen molar-refractivity contribution in [1.29, 1.82) is 0 Å². The van der Waals surface area contributed by atoms with Crippen molar-refractivity contribution in [3.8, 4) is 0 Å². The van der Waals surface area contributed by atoms with Gasteiger partial charge in [-0.15, -0.1) is 0 Å². The molecule has 0 saturated carbocycles. The maximum Gasteiger partial charge on any atom is 0.240 e. The normalized spacial score (nSPS) is 20.1. The summed E-state index contributed by atoms with van der Waals surface area (Å²) < 4.78 is 0. The number of nitrogens with two attached hydrogens (primary N) is 1. The summed E-state index contributed by atoms with van der Waals surface area (Å²) in [6.07, 6.45) is 1.77. The Morgan fingerprint density at radius 3 is 2.94 bits per heavy atom. The summed E-state index contributed by atoms with van der Waals surface area (Å²) in [6, 6.07) is 7.35. The van der Waals surface area contributed by atoms with Crippen LogP contribution in [0.2, 0.25) is 0 Å². The maximum atomic E-state index is 11.3. The topological polar surface area (TPSA) is 66.6 Å². The third-order valence-electron chi connectivity index (χ3n) is 3.05. The van der Waals surface area contributed by atoms with Crippen LogP contribution in [0.5, 0.6) is 0 Å². The number of nitrogens with zero attached hydrogens (tertiary/aromatic N) is 1. The smallest absolute Gasteiger partial charge is 0.240 e. The Bertz CT molecular complexity index is 392. The molecule has 0 radical (unpaired) electrons. The zero-order valence-corrected chi connectivity index (χ0v) is 9.10. The maximum absolute atomic E-state index is 11.3. The predicted octanol–water partition coefficient (Wildman–Crippen LogP) is 0.633. The van der Waals surface area contributed by atoms with Crippen LogP contribution in [0.3, 0.4) is 0 Å². The summed E-state index contributed by atoms with van der Waals surface area (Å²) in [7, 11) is 0. The Hall–Kier alpha value is -1.55. The van der Waals surface area contributed by atoms with Crippen LogP contribution in [0.4, 0.5) is 5.69 Å². The zero-order chi connectivity index (χ0) is 11.5. The summed E-state index contributed by atoms with van der Waals surface area (Å²) in [4.78, 5) is 13.3. The van der Waals surface area contributed by atoms with Gasteiger partial charge in [-0.2, -0.15) is 0 Å². The number of hydrogen-bond acceptors (Lipinski definition) is 3. The lowest BCUT2D eigenvalue weighted by atomic mass is 10.1. The van der Waals surface area contributed by atoms with E-state index in [1.165, 1.54) is 0 Å². The Morgan fingerprint density at radius 1 is 1.50 bits per heavy atom. The Morgan fingerprint density at radius 2 is 2.25 bits per heavy atom. The molecule has 0 bridgehead atoms. The number of amides is 1. The molecular formula is C12H16N2O2. The molecule has 1 aromatic rings. The molecule has 1 unspecified atom stereocenters. The minimum atomic E-state index is -0.287. The van der Waals surface area contributed by atoms with E-state index in [1.807, 2.05) is 29.2 Å². The quantitative estimate of drug-likeness (QED) is 0.785. The van der Waals surface area contributed by atoms with E-state index in [0.717, 1.165) is 30.6 Å². The van der Waals surface area contributed by atoms with Crippen molar-refractivity contribution in [2.75, 3.05) is 11.4 Å². The van der Waals surface area contributed by atoms with Gasteiger partial charge < -0.3 is 15.7 Å². The number of hydrogen-bond donors (Lipinski definition) is 2. The highest BCUT2D eigenvalue weighted by Crippen LogP contribution is 2.28. The number of rotatable bonds is 3. The van der Waals surface area contributed by atoms with Crippen LogP contribution in [0.15, 0.2) is 24.3 Å². The van der Waals surface area contributed by atoms with Crippen LogP contribution in [-0.2, 0) is 11.4 Å². The molecule has 1 aliphatic heterocycles. The SMILES string of the molecule is NC(=O)C1CCCN1c1ccccc1CO. The van der Waals surface area contributed by atoms with Gasteiger partial charge in [0.15, 0.2) is 0 Å². The first-order chi connectivity index (χ1) is 7.74. The van der Waals surface area contributed by atoms with E-state index in [0.29, 0.717) is 0 Å².